The molecule has 0 spiro atoms. The molecule has 0 saturated carbocycles. The van der Waals surface area contributed by atoms with Gasteiger partial charge in [-0.25, -0.2) is 0 Å². The predicted molar refractivity (Wildman–Crippen MR) is 48.1 cm³/mol. The first kappa shape index (κ1) is 12.4. The summed E-state index contributed by atoms with van der Waals surface area (Å²) in [6.07, 6.45) is 0.0646. The van der Waals surface area contributed by atoms with Crippen molar-refractivity contribution < 1.29 is 20.1 Å². The van der Waals surface area contributed by atoms with Crippen LogP contribution in [0.3, 0.4) is 0 Å². The fourth-order valence-electron chi connectivity index (χ4n) is 1.42. The van der Waals surface area contributed by atoms with Crippen molar-refractivity contribution in [3.63, 3.8) is 0 Å². The fraction of sp³-hybridized carbons (Fsp3) is 0.889. The Balaban J connectivity index is 4.31. The topological polar surface area (TPSA) is 77.8 Å². The fourth-order valence-corrected chi connectivity index (χ4v) is 1.42. The Morgan fingerprint density at radius 3 is 2.00 bits per heavy atom. The van der Waals surface area contributed by atoms with Crippen LogP contribution in [0.2, 0.25) is 0 Å². The van der Waals surface area contributed by atoms with E-state index in [1.165, 1.54) is 0 Å². The number of carboxylic acids is 1. The summed E-state index contributed by atoms with van der Waals surface area (Å²) in [4.78, 5) is 10.9. The third kappa shape index (κ3) is 3.32. The molecular formula is C9H18O4. The predicted octanol–water partition coefficient (Wildman–Crippen LogP) is 0.968. The molecule has 0 heterocycles. The summed E-state index contributed by atoms with van der Waals surface area (Å²) in [5.74, 6) is -0.849. The zero-order chi connectivity index (χ0) is 10.5. The van der Waals surface area contributed by atoms with Gasteiger partial charge in [0.15, 0.2) is 6.29 Å². The summed E-state index contributed by atoms with van der Waals surface area (Å²) >= 11 is 0. The summed E-state index contributed by atoms with van der Waals surface area (Å²) in [7, 11) is 0. The summed E-state index contributed by atoms with van der Waals surface area (Å²) in [5.41, 5.74) is -0.788. The summed E-state index contributed by atoms with van der Waals surface area (Å²) in [6.45, 7) is 3.61. The molecule has 13 heavy (non-hydrogen) atoms. The molecule has 0 aliphatic carbocycles. The molecule has 0 rings (SSSR count). The molecule has 0 fully saturated rings. The van der Waals surface area contributed by atoms with Crippen LogP contribution in [0.4, 0.5) is 0 Å². The largest absolute Gasteiger partial charge is 0.481 e. The maximum absolute atomic E-state index is 10.9. The van der Waals surface area contributed by atoms with E-state index >= 15 is 0 Å². The molecule has 0 atom stereocenters. The van der Waals surface area contributed by atoms with Gasteiger partial charge >= 0.3 is 5.97 Å². The van der Waals surface area contributed by atoms with Gasteiger partial charge in [0.1, 0.15) is 0 Å². The van der Waals surface area contributed by atoms with Crippen LogP contribution in [0.15, 0.2) is 0 Å². The van der Waals surface area contributed by atoms with Crippen molar-refractivity contribution in [3.05, 3.63) is 0 Å². The number of hydrogen-bond acceptors (Lipinski definition) is 3. The molecule has 0 bridgehead atoms. The molecule has 0 aliphatic rings. The zero-order valence-corrected chi connectivity index (χ0v) is 8.16. The second-order valence-electron chi connectivity index (χ2n) is 3.31. The van der Waals surface area contributed by atoms with Crippen LogP contribution in [0.25, 0.3) is 0 Å². The lowest BCUT2D eigenvalue weighted by atomic mass is 9.78. The van der Waals surface area contributed by atoms with Gasteiger partial charge < -0.3 is 15.3 Å². The van der Waals surface area contributed by atoms with Crippen molar-refractivity contribution in [3.8, 4) is 0 Å². The van der Waals surface area contributed by atoms with Gasteiger partial charge in [-0.15, -0.1) is 0 Å². The highest BCUT2D eigenvalue weighted by Crippen LogP contribution is 2.32. The molecule has 4 nitrogen and oxygen atoms in total. The lowest BCUT2D eigenvalue weighted by Crippen LogP contribution is -2.30. The Kier molecular flexibility index (Phi) is 4.95. The van der Waals surface area contributed by atoms with E-state index in [9.17, 15) is 4.79 Å². The second kappa shape index (κ2) is 5.19. The minimum atomic E-state index is -1.41. The first-order valence-corrected chi connectivity index (χ1v) is 4.58. The molecule has 0 radical (unpaired) electrons. The molecule has 0 aliphatic heterocycles. The van der Waals surface area contributed by atoms with E-state index in [-0.39, 0.29) is 6.42 Å². The van der Waals surface area contributed by atoms with E-state index in [0.717, 1.165) is 0 Å². The zero-order valence-electron chi connectivity index (χ0n) is 8.16. The summed E-state index contributed by atoms with van der Waals surface area (Å²) in [6, 6.07) is 0. The van der Waals surface area contributed by atoms with Gasteiger partial charge in [0.25, 0.3) is 0 Å². The Bertz CT molecular complexity index is 161. The van der Waals surface area contributed by atoms with Crippen LogP contribution < -0.4 is 0 Å². The third-order valence-electron chi connectivity index (χ3n) is 2.69. The van der Waals surface area contributed by atoms with Crippen LogP contribution in [0.1, 0.15) is 39.5 Å². The normalized spacial score (nSPS) is 12.1. The molecule has 4 heteroatoms. The van der Waals surface area contributed by atoms with E-state index in [2.05, 4.69) is 0 Å². The minimum absolute atomic E-state index is 0.119. The number of carboxylic acid groups (broad SMARTS) is 1. The number of aliphatic carboxylic acids is 1. The average molecular weight is 190 g/mol. The van der Waals surface area contributed by atoms with Crippen molar-refractivity contribution in [2.45, 2.75) is 45.8 Å². The van der Waals surface area contributed by atoms with E-state index in [4.69, 9.17) is 15.3 Å². The lowest BCUT2D eigenvalue weighted by Gasteiger charge is -2.26. The SMILES string of the molecule is CCC(CC)(CCC(O)O)C(=O)O. The summed E-state index contributed by atoms with van der Waals surface area (Å²) < 4.78 is 0. The van der Waals surface area contributed by atoms with Crippen LogP contribution in [0.5, 0.6) is 0 Å². The number of rotatable bonds is 6. The first-order chi connectivity index (χ1) is 5.98. The van der Waals surface area contributed by atoms with Crippen molar-refractivity contribution >= 4 is 5.97 Å². The second-order valence-corrected chi connectivity index (χ2v) is 3.31. The Hall–Kier alpha value is -0.610. The van der Waals surface area contributed by atoms with E-state index in [1.807, 2.05) is 0 Å². The molecule has 0 aromatic rings. The Labute approximate surface area is 78.2 Å². The van der Waals surface area contributed by atoms with Gasteiger partial charge in [0.05, 0.1) is 5.41 Å². The highest BCUT2D eigenvalue weighted by molar-refractivity contribution is 5.74. The van der Waals surface area contributed by atoms with E-state index < -0.39 is 17.7 Å². The monoisotopic (exact) mass is 190 g/mol. The molecule has 78 valence electrons. The van der Waals surface area contributed by atoms with Gasteiger partial charge in [-0.2, -0.15) is 0 Å². The number of aliphatic hydroxyl groups is 2. The van der Waals surface area contributed by atoms with E-state index in [1.54, 1.807) is 13.8 Å². The smallest absolute Gasteiger partial charge is 0.309 e. The van der Waals surface area contributed by atoms with Crippen molar-refractivity contribution in [1.29, 1.82) is 0 Å². The molecule has 0 saturated heterocycles. The maximum Gasteiger partial charge on any atom is 0.309 e. The van der Waals surface area contributed by atoms with E-state index in [0.29, 0.717) is 19.3 Å². The quantitative estimate of drug-likeness (QED) is 0.545. The van der Waals surface area contributed by atoms with Crippen molar-refractivity contribution in [2.24, 2.45) is 5.41 Å². The van der Waals surface area contributed by atoms with Gasteiger partial charge in [0.2, 0.25) is 0 Å². The molecule has 3 N–H and O–H groups in total. The molecule has 0 unspecified atom stereocenters. The van der Waals surface area contributed by atoms with Crippen molar-refractivity contribution in [2.75, 3.05) is 0 Å². The number of hydrogen-bond donors (Lipinski definition) is 3. The van der Waals surface area contributed by atoms with Gasteiger partial charge in [0, 0.05) is 0 Å². The highest BCUT2D eigenvalue weighted by Gasteiger charge is 2.34. The average Bonchev–Trinajstić information content (AvgIpc) is 2.06. The van der Waals surface area contributed by atoms with Crippen LogP contribution >= 0.6 is 0 Å². The number of aliphatic hydroxyl groups excluding tert-OH is 1. The highest BCUT2D eigenvalue weighted by atomic mass is 16.5. The van der Waals surface area contributed by atoms with Gasteiger partial charge in [-0.05, 0) is 25.7 Å². The Morgan fingerprint density at radius 1 is 1.31 bits per heavy atom. The van der Waals surface area contributed by atoms with Gasteiger partial charge in [-0.1, -0.05) is 13.8 Å². The third-order valence-corrected chi connectivity index (χ3v) is 2.69. The molecule has 0 amide bonds. The van der Waals surface area contributed by atoms with Crippen LogP contribution in [0, 0.1) is 5.41 Å². The van der Waals surface area contributed by atoms with Crippen molar-refractivity contribution in [1.82, 2.24) is 0 Å². The molecule has 0 aromatic carbocycles. The summed E-state index contributed by atoms with van der Waals surface area (Å²) in [5, 5.41) is 26.3. The minimum Gasteiger partial charge on any atom is -0.481 e. The van der Waals surface area contributed by atoms with Crippen LogP contribution in [-0.4, -0.2) is 27.6 Å². The lowest BCUT2D eigenvalue weighted by molar-refractivity contribution is -0.151. The Morgan fingerprint density at radius 2 is 1.77 bits per heavy atom. The molecule has 0 aromatic heterocycles. The van der Waals surface area contributed by atoms with Crippen LogP contribution in [-0.2, 0) is 4.79 Å². The van der Waals surface area contributed by atoms with Gasteiger partial charge in [-0.3, -0.25) is 4.79 Å². The molecular weight excluding hydrogens is 172 g/mol. The first-order valence-electron chi connectivity index (χ1n) is 4.58. The number of carbonyl (C=O) groups is 1. The standard InChI is InChI=1S/C9H18O4/c1-3-9(4-2,8(12)13)6-5-7(10)11/h7,10-11H,3-6H2,1-2H3,(H,12,13). The maximum atomic E-state index is 10.9.